The van der Waals surface area contributed by atoms with Gasteiger partial charge in [0.15, 0.2) is 11.9 Å². The van der Waals surface area contributed by atoms with Crippen LogP contribution in [0.1, 0.15) is 33.3 Å². The molecule has 0 aliphatic carbocycles. The second-order valence-corrected chi connectivity index (χ2v) is 10.2. The number of hydrogen-bond acceptors (Lipinski definition) is 4. The van der Waals surface area contributed by atoms with Gasteiger partial charge in [0.2, 0.25) is 11.2 Å². The Morgan fingerprint density at radius 2 is 1.57 bits per heavy atom. The van der Waals surface area contributed by atoms with Crippen molar-refractivity contribution in [2.75, 3.05) is 5.32 Å². The van der Waals surface area contributed by atoms with E-state index < -0.39 is 17.4 Å². The number of halogens is 2. The Morgan fingerprint density at radius 1 is 0.943 bits per heavy atom. The molecule has 0 radical (unpaired) electrons. The molecule has 4 aromatic rings. The third-order valence-electron chi connectivity index (χ3n) is 5.60. The maximum absolute atomic E-state index is 13.5. The zero-order valence-corrected chi connectivity index (χ0v) is 21.3. The summed E-state index contributed by atoms with van der Waals surface area (Å²) in [4.78, 5) is 26.3. The lowest BCUT2D eigenvalue weighted by molar-refractivity contribution is -0.122. The second-order valence-electron chi connectivity index (χ2n) is 9.31. The Bertz CT molecular complexity index is 1440. The van der Waals surface area contributed by atoms with Crippen molar-refractivity contribution in [3.63, 3.8) is 0 Å². The van der Waals surface area contributed by atoms with Crippen LogP contribution in [-0.4, -0.2) is 12.0 Å². The standard InChI is InChI=1S/C28H25Cl2NO4/c1-16(27(33)31-21-12-9-19(29)10-13-21)34-26-24(32)22-15-20(30)11-14-23(22)35-25(26)17-5-7-18(8-6-17)28(2,3)4/h5-16H,1-4H3,(H,31,33)/t16-/m1/s1. The minimum absolute atomic E-state index is 0.0346. The van der Waals surface area contributed by atoms with Gasteiger partial charge in [0.1, 0.15) is 5.58 Å². The summed E-state index contributed by atoms with van der Waals surface area (Å²) in [7, 11) is 0. The third-order valence-corrected chi connectivity index (χ3v) is 6.09. The number of fused-ring (bicyclic) bond motifs is 1. The van der Waals surface area contributed by atoms with Crippen molar-refractivity contribution in [3.8, 4) is 17.1 Å². The first kappa shape index (κ1) is 24.8. The largest absolute Gasteiger partial charge is 0.473 e. The highest BCUT2D eigenvalue weighted by Crippen LogP contribution is 2.34. The topological polar surface area (TPSA) is 68.5 Å². The molecule has 1 aromatic heterocycles. The minimum Gasteiger partial charge on any atom is -0.473 e. The van der Waals surface area contributed by atoms with Gasteiger partial charge in [0.25, 0.3) is 5.91 Å². The molecular formula is C28H25Cl2NO4. The van der Waals surface area contributed by atoms with E-state index in [0.717, 1.165) is 5.56 Å². The lowest BCUT2D eigenvalue weighted by Crippen LogP contribution is -2.31. The molecule has 1 amide bonds. The first-order valence-electron chi connectivity index (χ1n) is 11.1. The summed E-state index contributed by atoms with van der Waals surface area (Å²) in [5.41, 5.74) is 2.29. The molecular weight excluding hydrogens is 485 g/mol. The van der Waals surface area contributed by atoms with Crippen LogP contribution in [0.4, 0.5) is 5.69 Å². The maximum Gasteiger partial charge on any atom is 0.265 e. The van der Waals surface area contributed by atoms with E-state index in [9.17, 15) is 9.59 Å². The summed E-state index contributed by atoms with van der Waals surface area (Å²) in [6.07, 6.45) is -0.988. The molecule has 1 atom stereocenters. The van der Waals surface area contributed by atoms with Crippen LogP contribution in [-0.2, 0) is 10.2 Å². The Kier molecular flexibility index (Phi) is 6.93. The van der Waals surface area contributed by atoms with Gasteiger partial charge >= 0.3 is 0 Å². The van der Waals surface area contributed by atoms with E-state index in [1.54, 1.807) is 43.3 Å². The van der Waals surface area contributed by atoms with Gasteiger partial charge in [0.05, 0.1) is 5.39 Å². The third kappa shape index (κ3) is 5.53. The molecule has 7 heteroatoms. The average molecular weight is 510 g/mol. The molecule has 3 aromatic carbocycles. The molecule has 1 heterocycles. The van der Waals surface area contributed by atoms with Crippen LogP contribution in [0.15, 0.2) is 75.9 Å². The highest BCUT2D eigenvalue weighted by atomic mass is 35.5. The van der Waals surface area contributed by atoms with Crippen molar-refractivity contribution in [3.05, 3.63) is 92.6 Å². The van der Waals surface area contributed by atoms with Gasteiger partial charge < -0.3 is 14.5 Å². The van der Waals surface area contributed by atoms with Crippen LogP contribution in [0, 0.1) is 0 Å². The Hall–Kier alpha value is -3.28. The molecule has 180 valence electrons. The van der Waals surface area contributed by atoms with Crippen molar-refractivity contribution < 1.29 is 13.9 Å². The fourth-order valence-corrected chi connectivity index (χ4v) is 3.87. The molecule has 0 fully saturated rings. The quantitative estimate of drug-likeness (QED) is 0.302. The van der Waals surface area contributed by atoms with E-state index in [2.05, 4.69) is 26.1 Å². The number of amides is 1. The van der Waals surface area contributed by atoms with E-state index in [1.165, 1.54) is 6.07 Å². The van der Waals surface area contributed by atoms with Gasteiger partial charge in [0, 0.05) is 21.3 Å². The molecule has 1 N–H and O–H groups in total. The molecule has 4 rings (SSSR count). The predicted octanol–water partition coefficient (Wildman–Crippen LogP) is 7.47. The van der Waals surface area contributed by atoms with Crippen LogP contribution < -0.4 is 15.5 Å². The predicted molar refractivity (Wildman–Crippen MR) is 142 cm³/mol. The number of nitrogens with one attached hydrogen (secondary N) is 1. The van der Waals surface area contributed by atoms with Crippen LogP contribution in [0.5, 0.6) is 5.75 Å². The normalized spacial score (nSPS) is 12.4. The average Bonchev–Trinajstić information content (AvgIpc) is 2.82. The number of carbonyl (C=O) groups excluding carboxylic acids is 1. The summed E-state index contributed by atoms with van der Waals surface area (Å²) in [5.74, 6) is -0.231. The zero-order chi connectivity index (χ0) is 25.3. The molecule has 0 saturated carbocycles. The maximum atomic E-state index is 13.5. The summed E-state index contributed by atoms with van der Waals surface area (Å²) >= 11 is 12.0. The summed E-state index contributed by atoms with van der Waals surface area (Å²) in [6, 6.07) is 19.3. The molecule has 0 aliphatic heterocycles. The van der Waals surface area contributed by atoms with Crippen LogP contribution >= 0.6 is 23.2 Å². The molecule has 35 heavy (non-hydrogen) atoms. The number of anilines is 1. The molecule has 0 aliphatic rings. The van der Waals surface area contributed by atoms with Crippen molar-refractivity contribution in [1.29, 1.82) is 0 Å². The fraction of sp³-hybridized carbons (Fsp3) is 0.214. The lowest BCUT2D eigenvalue weighted by Gasteiger charge is -2.20. The summed E-state index contributed by atoms with van der Waals surface area (Å²) in [6.45, 7) is 7.94. The summed E-state index contributed by atoms with van der Waals surface area (Å²) < 4.78 is 12.1. The number of benzene rings is 3. The molecule has 5 nitrogen and oxygen atoms in total. The van der Waals surface area contributed by atoms with Crippen LogP contribution in [0.2, 0.25) is 10.0 Å². The van der Waals surface area contributed by atoms with Gasteiger partial charge in [-0.15, -0.1) is 0 Å². The van der Waals surface area contributed by atoms with Gasteiger partial charge in [-0.05, 0) is 60.4 Å². The van der Waals surface area contributed by atoms with Gasteiger partial charge in [-0.2, -0.15) is 0 Å². The van der Waals surface area contributed by atoms with Crippen LogP contribution in [0.25, 0.3) is 22.3 Å². The molecule has 0 bridgehead atoms. The van der Waals surface area contributed by atoms with Crippen LogP contribution in [0.3, 0.4) is 0 Å². The second kappa shape index (κ2) is 9.76. The monoisotopic (exact) mass is 509 g/mol. The van der Waals surface area contributed by atoms with Crippen molar-refractivity contribution in [2.45, 2.75) is 39.2 Å². The minimum atomic E-state index is -0.988. The van der Waals surface area contributed by atoms with E-state index in [-0.39, 0.29) is 22.3 Å². The molecule has 0 spiro atoms. The van der Waals surface area contributed by atoms with Crippen molar-refractivity contribution in [1.82, 2.24) is 0 Å². The zero-order valence-electron chi connectivity index (χ0n) is 19.8. The van der Waals surface area contributed by atoms with E-state index in [1.807, 2.05) is 24.3 Å². The molecule has 0 saturated heterocycles. The Morgan fingerprint density at radius 3 is 2.20 bits per heavy atom. The van der Waals surface area contributed by atoms with E-state index in [0.29, 0.717) is 26.9 Å². The first-order chi connectivity index (χ1) is 16.5. The van der Waals surface area contributed by atoms with E-state index in [4.69, 9.17) is 32.4 Å². The lowest BCUT2D eigenvalue weighted by atomic mass is 9.86. The van der Waals surface area contributed by atoms with Gasteiger partial charge in [-0.25, -0.2) is 0 Å². The smallest absolute Gasteiger partial charge is 0.265 e. The SMILES string of the molecule is C[C@@H](Oc1c(-c2ccc(C(C)(C)C)cc2)oc2ccc(Cl)cc2c1=O)C(=O)Nc1ccc(Cl)cc1. The number of rotatable bonds is 5. The van der Waals surface area contributed by atoms with Gasteiger partial charge in [-0.1, -0.05) is 68.2 Å². The number of carbonyl (C=O) groups is 1. The van der Waals surface area contributed by atoms with Crippen molar-refractivity contribution >= 4 is 45.8 Å². The molecule has 0 unspecified atom stereocenters. The van der Waals surface area contributed by atoms with Crippen molar-refractivity contribution in [2.24, 2.45) is 0 Å². The fourth-order valence-electron chi connectivity index (χ4n) is 3.58. The summed E-state index contributed by atoms with van der Waals surface area (Å²) in [5, 5.41) is 3.99. The Balaban J connectivity index is 1.74. The number of hydrogen-bond donors (Lipinski definition) is 1. The van der Waals surface area contributed by atoms with Gasteiger partial charge in [-0.3, -0.25) is 9.59 Å². The number of ether oxygens (including phenoxy) is 1. The first-order valence-corrected chi connectivity index (χ1v) is 11.9. The highest BCUT2D eigenvalue weighted by Gasteiger charge is 2.24. The van der Waals surface area contributed by atoms with E-state index >= 15 is 0 Å². The highest BCUT2D eigenvalue weighted by molar-refractivity contribution is 6.31. The Labute approximate surface area is 213 Å².